The van der Waals surface area contributed by atoms with E-state index in [0.717, 1.165) is 12.8 Å². The molecule has 0 saturated carbocycles. The maximum Gasteiger partial charge on any atom is 0.220 e. The van der Waals surface area contributed by atoms with Gasteiger partial charge in [0.25, 0.3) is 0 Å². The highest BCUT2D eigenvalue weighted by atomic mass is 16.3. The number of hydrogen-bond acceptors (Lipinski definition) is 2. The normalized spacial score (nSPS) is 11.4. The summed E-state index contributed by atoms with van der Waals surface area (Å²) in [5.41, 5.74) is -0.806. The van der Waals surface area contributed by atoms with Crippen molar-refractivity contribution in [2.75, 3.05) is 6.54 Å². The van der Waals surface area contributed by atoms with Gasteiger partial charge in [0.15, 0.2) is 0 Å². The number of carbonyl (C=O) groups excluding carboxylic acids is 1. The molecule has 0 aliphatic rings. The highest BCUT2D eigenvalue weighted by molar-refractivity contribution is 5.75. The quantitative estimate of drug-likeness (QED) is 0.617. The minimum Gasteiger partial charge on any atom is -0.389 e. The average molecular weight is 201 g/mol. The Morgan fingerprint density at radius 2 is 1.93 bits per heavy atom. The summed E-state index contributed by atoms with van der Waals surface area (Å²) in [7, 11) is 0. The van der Waals surface area contributed by atoms with Gasteiger partial charge in [-0.2, -0.15) is 0 Å². The van der Waals surface area contributed by atoms with Gasteiger partial charge in [0.05, 0.1) is 5.60 Å². The highest BCUT2D eigenvalue weighted by Crippen LogP contribution is 2.03. The van der Waals surface area contributed by atoms with Gasteiger partial charge in [-0.3, -0.25) is 4.79 Å². The van der Waals surface area contributed by atoms with Gasteiger partial charge in [0.1, 0.15) is 0 Å². The van der Waals surface area contributed by atoms with E-state index in [-0.39, 0.29) is 5.91 Å². The van der Waals surface area contributed by atoms with Gasteiger partial charge in [0, 0.05) is 13.0 Å². The molecule has 0 radical (unpaired) electrons. The van der Waals surface area contributed by atoms with Gasteiger partial charge in [-0.05, 0) is 20.3 Å². The van der Waals surface area contributed by atoms with Crippen molar-refractivity contribution in [2.24, 2.45) is 0 Å². The molecule has 0 saturated heterocycles. The van der Waals surface area contributed by atoms with Crippen LogP contribution in [-0.2, 0) is 4.79 Å². The van der Waals surface area contributed by atoms with E-state index in [1.807, 2.05) is 0 Å². The van der Waals surface area contributed by atoms with Gasteiger partial charge < -0.3 is 10.4 Å². The molecule has 0 aliphatic carbocycles. The molecular formula is C11H23NO2. The van der Waals surface area contributed by atoms with E-state index in [0.29, 0.717) is 13.0 Å². The van der Waals surface area contributed by atoms with E-state index in [9.17, 15) is 9.90 Å². The third-order valence-electron chi connectivity index (χ3n) is 1.98. The second-order valence-electron chi connectivity index (χ2n) is 4.40. The molecule has 84 valence electrons. The monoisotopic (exact) mass is 201 g/mol. The van der Waals surface area contributed by atoms with E-state index in [4.69, 9.17) is 0 Å². The number of unbranched alkanes of at least 4 members (excludes halogenated alkanes) is 3. The number of aliphatic hydroxyl groups is 1. The summed E-state index contributed by atoms with van der Waals surface area (Å²) >= 11 is 0. The molecule has 14 heavy (non-hydrogen) atoms. The molecule has 3 nitrogen and oxygen atoms in total. The summed E-state index contributed by atoms with van der Waals surface area (Å²) in [6, 6.07) is 0. The van der Waals surface area contributed by atoms with Crippen LogP contribution in [0.3, 0.4) is 0 Å². The van der Waals surface area contributed by atoms with Crippen LogP contribution in [0, 0.1) is 0 Å². The molecule has 2 N–H and O–H groups in total. The molecule has 3 heteroatoms. The van der Waals surface area contributed by atoms with Crippen LogP contribution in [0.25, 0.3) is 0 Å². The maximum absolute atomic E-state index is 11.2. The van der Waals surface area contributed by atoms with Crippen molar-refractivity contribution < 1.29 is 9.90 Å². The summed E-state index contributed by atoms with van der Waals surface area (Å²) < 4.78 is 0. The van der Waals surface area contributed by atoms with Crippen molar-refractivity contribution >= 4 is 5.91 Å². The van der Waals surface area contributed by atoms with Gasteiger partial charge in [0.2, 0.25) is 5.91 Å². The summed E-state index contributed by atoms with van der Waals surface area (Å²) in [5.74, 6) is 0.0447. The van der Waals surface area contributed by atoms with Gasteiger partial charge in [-0.25, -0.2) is 0 Å². The molecule has 0 aromatic heterocycles. The average Bonchev–Trinajstić information content (AvgIpc) is 2.08. The fourth-order valence-corrected chi connectivity index (χ4v) is 1.12. The van der Waals surface area contributed by atoms with Crippen molar-refractivity contribution in [2.45, 2.75) is 58.5 Å². The van der Waals surface area contributed by atoms with Gasteiger partial charge >= 0.3 is 0 Å². The minimum atomic E-state index is -0.806. The first kappa shape index (κ1) is 13.4. The fraction of sp³-hybridized carbons (Fsp3) is 0.909. The Morgan fingerprint density at radius 1 is 1.29 bits per heavy atom. The van der Waals surface area contributed by atoms with Crippen LogP contribution in [0.2, 0.25) is 0 Å². The zero-order chi connectivity index (χ0) is 11.0. The molecule has 0 unspecified atom stereocenters. The van der Waals surface area contributed by atoms with E-state index in [1.54, 1.807) is 13.8 Å². The standard InChI is InChI=1S/C11H23NO2/c1-4-5-6-7-8-10(13)12-9-11(2,3)14/h14H,4-9H2,1-3H3,(H,12,13). The Balaban J connectivity index is 3.38. The molecule has 0 aliphatic heterocycles. The van der Waals surface area contributed by atoms with Crippen molar-refractivity contribution in [3.8, 4) is 0 Å². The predicted octanol–water partition coefficient (Wildman–Crippen LogP) is 1.84. The second kappa shape index (κ2) is 6.82. The molecule has 0 spiro atoms. The smallest absolute Gasteiger partial charge is 0.220 e. The van der Waals surface area contributed by atoms with Crippen LogP contribution < -0.4 is 5.32 Å². The molecule has 0 bridgehead atoms. The molecule has 0 rings (SSSR count). The Bertz CT molecular complexity index is 161. The topological polar surface area (TPSA) is 49.3 Å². The van der Waals surface area contributed by atoms with Crippen molar-refractivity contribution in [3.63, 3.8) is 0 Å². The zero-order valence-electron chi connectivity index (χ0n) is 9.60. The number of rotatable bonds is 7. The van der Waals surface area contributed by atoms with Crippen molar-refractivity contribution in [1.29, 1.82) is 0 Å². The van der Waals surface area contributed by atoms with Gasteiger partial charge in [-0.15, -0.1) is 0 Å². The summed E-state index contributed by atoms with van der Waals surface area (Å²) in [4.78, 5) is 11.2. The summed E-state index contributed by atoms with van der Waals surface area (Å²) in [6.45, 7) is 5.85. The lowest BCUT2D eigenvalue weighted by atomic mass is 10.1. The maximum atomic E-state index is 11.2. The first-order valence-corrected chi connectivity index (χ1v) is 5.45. The van der Waals surface area contributed by atoms with Crippen molar-refractivity contribution in [1.82, 2.24) is 5.32 Å². The molecule has 1 amide bonds. The van der Waals surface area contributed by atoms with E-state index < -0.39 is 5.60 Å². The molecule has 0 fully saturated rings. The Hall–Kier alpha value is -0.570. The molecule has 0 aromatic carbocycles. The van der Waals surface area contributed by atoms with Crippen molar-refractivity contribution in [3.05, 3.63) is 0 Å². The summed E-state index contributed by atoms with van der Waals surface area (Å²) in [5, 5.41) is 12.1. The van der Waals surface area contributed by atoms with Crippen LogP contribution in [0.5, 0.6) is 0 Å². The number of hydrogen-bond donors (Lipinski definition) is 2. The second-order valence-corrected chi connectivity index (χ2v) is 4.40. The zero-order valence-corrected chi connectivity index (χ0v) is 9.60. The third-order valence-corrected chi connectivity index (χ3v) is 1.98. The van der Waals surface area contributed by atoms with Gasteiger partial charge in [-0.1, -0.05) is 26.2 Å². The minimum absolute atomic E-state index is 0.0447. The lowest BCUT2D eigenvalue weighted by Gasteiger charge is -2.17. The first-order chi connectivity index (χ1) is 6.45. The Morgan fingerprint density at radius 3 is 2.43 bits per heavy atom. The van der Waals surface area contributed by atoms with Crippen LogP contribution in [-0.4, -0.2) is 23.2 Å². The number of nitrogens with one attached hydrogen (secondary N) is 1. The highest BCUT2D eigenvalue weighted by Gasteiger charge is 2.13. The number of carbonyl (C=O) groups is 1. The molecule has 0 aromatic rings. The predicted molar refractivity (Wildman–Crippen MR) is 58.1 cm³/mol. The molecule has 0 atom stereocenters. The summed E-state index contributed by atoms with van der Waals surface area (Å²) in [6.07, 6.45) is 5.03. The van der Waals surface area contributed by atoms with E-state index >= 15 is 0 Å². The Labute approximate surface area is 86.9 Å². The molecular weight excluding hydrogens is 178 g/mol. The first-order valence-electron chi connectivity index (χ1n) is 5.45. The SMILES string of the molecule is CCCCCCC(=O)NCC(C)(C)O. The van der Waals surface area contributed by atoms with Crippen LogP contribution in [0.1, 0.15) is 52.9 Å². The van der Waals surface area contributed by atoms with E-state index in [2.05, 4.69) is 12.2 Å². The lowest BCUT2D eigenvalue weighted by molar-refractivity contribution is -0.122. The van der Waals surface area contributed by atoms with E-state index in [1.165, 1.54) is 12.8 Å². The van der Waals surface area contributed by atoms with Crippen LogP contribution in [0.4, 0.5) is 0 Å². The van der Waals surface area contributed by atoms with Crippen LogP contribution >= 0.6 is 0 Å². The Kier molecular flexibility index (Phi) is 6.54. The number of amides is 1. The fourth-order valence-electron chi connectivity index (χ4n) is 1.12. The third kappa shape index (κ3) is 9.52. The molecule has 0 heterocycles. The van der Waals surface area contributed by atoms with Crippen LogP contribution in [0.15, 0.2) is 0 Å². The lowest BCUT2D eigenvalue weighted by Crippen LogP contribution is -2.38. The largest absolute Gasteiger partial charge is 0.389 e.